The fourth-order valence-corrected chi connectivity index (χ4v) is 1.78. The Morgan fingerprint density at radius 1 is 1.38 bits per heavy atom. The van der Waals surface area contributed by atoms with Gasteiger partial charge in [-0.2, -0.15) is 0 Å². The summed E-state index contributed by atoms with van der Waals surface area (Å²) in [5.41, 5.74) is 0. The highest BCUT2D eigenvalue weighted by molar-refractivity contribution is 6.76. The molecule has 0 unspecified atom stereocenters. The van der Waals surface area contributed by atoms with E-state index in [2.05, 4.69) is 19.6 Å². The summed E-state index contributed by atoms with van der Waals surface area (Å²) in [6.45, 7) is 7.89. The number of amides is 1. The van der Waals surface area contributed by atoms with E-state index in [0.717, 1.165) is 12.5 Å². The quantitative estimate of drug-likeness (QED) is 0.372. The lowest BCUT2D eigenvalue weighted by Crippen LogP contribution is -2.23. The summed E-state index contributed by atoms with van der Waals surface area (Å²) in [5.74, 6) is -0.155. The van der Waals surface area contributed by atoms with Crippen LogP contribution in [0, 0.1) is 0 Å². The van der Waals surface area contributed by atoms with E-state index in [4.69, 9.17) is 4.74 Å². The van der Waals surface area contributed by atoms with Crippen molar-refractivity contribution in [1.82, 2.24) is 4.90 Å². The first-order chi connectivity index (χ1) is 7.35. The van der Waals surface area contributed by atoms with Crippen LogP contribution in [0.25, 0.3) is 0 Å². The van der Waals surface area contributed by atoms with Gasteiger partial charge < -0.3 is 9.64 Å². The molecule has 0 spiro atoms. The Balaban J connectivity index is 3.49. The van der Waals surface area contributed by atoms with Crippen molar-refractivity contribution in [2.24, 2.45) is 0 Å². The standard InChI is InChI=1S/C11H23NO3Si/c1-12(10-13)7-5-6-11(14)15-8-9-16(2,3)4/h10H,5-9H2,1-4H3. The predicted molar refractivity (Wildman–Crippen MR) is 67.0 cm³/mol. The number of ether oxygens (including phenoxy) is 1. The van der Waals surface area contributed by atoms with E-state index < -0.39 is 8.07 Å². The zero-order valence-corrected chi connectivity index (χ0v) is 11.8. The zero-order chi connectivity index (χ0) is 12.6. The molecule has 0 bridgehead atoms. The highest BCUT2D eigenvalue weighted by Crippen LogP contribution is 2.08. The molecule has 0 aliphatic rings. The van der Waals surface area contributed by atoms with E-state index in [9.17, 15) is 9.59 Å². The van der Waals surface area contributed by atoms with Gasteiger partial charge in [0.15, 0.2) is 0 Å². The molecule has 0 saturated heterocycles. The molecule has 0 saturated carbocycles. The summed E-state index contributed by atoms with van der Waals surface area (Å²) >= 11 is 0. The monoisotopic (exact) mass is 245 g/mol. The van der Waals surface area contributed by atoms with Gasteiger partial charge in [-0.3, -0.25) is 9.59 Å². The third kappa shape index (κ3) is 9.70. The second-order valence-corrected chi connectivity index (χ2v) is 10.8. The lowest BCUT2D eigenvalue weighted by atomic mass is 10.3. The molecule has 0 heterocycles. The van der Waals surface area contributed by atoms with Gasteiger partial charge in [0.2, 0.25) is 6.41 Å². The van der Waals surface area contributed by atoms with Crippen LogP contribution in [-0.4, -0.2) is 45.6 Å². The average Bonchev–Trinajstić information content (AvgIpc) is 2.15. The molecule has 4 nitrogen and oxygen atoms in total. The van der Waals surface area contributed by atoms with Gasteiger partial charge in [-0.1, -0.05) is 19.6 Å². The number of nitrogens with zero attached hydrogens (tertiary/aromatic N) is 1. The molecule has 1 amide bonds. The van der Waals surface area contributed by atoms with Crippen LogP contribution in [-0.2, 0) is 14.3 Å². The fourth-order valence-electron chi connectivity index (χ4n) is 1.07. The summed E-state index contributed by atoms with van der Waals surface area (Å²) in [5, 5.41) is 0. The number of hydrogen-bond donors (Lipinski definition) is 0. The van der Waals surface area contributed by atoms with E-state index in [1.807, 2.05) is 0 Å². The van der Waals surface area contributed by atoms with Gasteiger partial charge in [0, 0.05) is 28.1 Å². The van der Waals surface area contributed by atoms with Crippen LogP contribution in [0.5, 0.6) is 0 Å². The molecule has 0 fully saturated rings. The maximum absolute atomic E-state index is 11.3. The highest BCUT2D eigenvalue weighted by Gasteiger charge is 2.13. The molecule has 0 atom stereocenters. The summed E-state index contributed by atoms with van der Waals surface area (Å²) in [7, 11) is 0.587. The Labute approximate surface area is 99.0 Å². The lowest BCUT2D eigenvalue weighted by Gasteiger charge is -2.15. The van der Waals surface area contributed by atoms with Crippen molar-refractivity contribution >= 4 is 20.5 Å². The summed E-state index contributed by atoms with van der Waals surface area (Å²) in [4.78, 5) is 23.1. The number of hydrogen-bond acceptors (Lipinski definition) is 3. The van der Waals surface area contributed by atoms with Crippen molar-refractivity contribution in [1.29, 1.82) is 0 Å². The van der Waals surface area contributed by atoms with E-state index in [-0.39, 0.29) is 5.97 Å². The summed E-state index contributed by atoms with van der Waals surface area (Å²) < 4.78 is 5.12. The topological polar surface area (TPSA) is 46.6 Å². The summed E-state index contributed by atoms with van der Waals surface area (Å²) in [6, 6.07) is 1.01. The van der Waals surface area contributed by atoms with Crippen LogP contribution < -0.4 is 0 Å². The van der Waals surface area contributed by atoms with Crippen molar-refractivity contribution in [2.45, 2.75) is 38.5 Å². The molecule has 0 aliphatic carbocycles. The van der Waals surface area contributed by atoms with Gasteiger partial charge in [0.1, 0.15) is 0 Å². The molecule has 0 rings (SSSR count). The van der Waals surface area contributed by atoms with Gasteiger partial charge in [0.25, 0.3) is 0 Å². The second kappa shape index (κ2) is 7.43. The Morgan fingerprint density at radius 2 is 2.00 bits per heavy atom. The van der Waals surface area contributed by atoms with Gasteiger partial charge in [-0.25, -0.2) is 0 Å². The molecule has 0 aromatic heterocycles. The Bertz CT molecular complexity index is 226. The van der Waals surface area contributed by atoms with Crippen molar-refractivity contribution < 1.29 is 14.3 Å². The first-order valence-corrected chi connectivity index (χ1v) is 9.37. The number of carbonyl (C=O) groups is 2. The molecule has 0 aliphatic heterocycles. The van der Waals surface area contributed by atoms with E-state index in [1.54, 1.807) is 7.05 Å². The smallest absolute Gasteiger partial charge is 0.305 e. The maximum atomic E-state index is 11.3. The molecule has 5 heteroatoms. The minimum atomic E-state index is -1.11. The molecule has 16 heavy (non-hydrogen) atoms. The molecule has 0 N–H and O–H groups in total. The van der Waals surface area contributed by atoms with Crippen LogP contribution in [0.15, 0.2) is 0 Å². The number of carbonyl (C=O) groups excluding carboxylic acids is 2. The fraction of sp³-hybridized carbons (Fsp3) is 0.818. The van der Waals surface area contributed by atoms with Crippen LogP contribution in [0.2, 0.25) is 25.7 Å². The van der Waals surface area contributed by atoms with Gasteiger partial charge in [-0.15, -0.1) is 0 Å². The van der Waals surface area contributed by atoms with E-state index in [0.29, 0.717) is 26.0 Å². The summed E-state index contributed by atoms with van der Waals surface area (Å²) in [6.07, 6.45) is 1.82. The molecule has 0 aromatic rings. The van der Waals surface area contributed by atoms with Gasteiger partial charge in [-0.05, 0) is 12.5 Å². The molecule has 0 aromatic carbocycles. The largest absolute Gasteiger partial charge is 0.466 e. The first kappa shape index (κ1) is 15.2. The third-order valence-electron chi connectivity index (χ3n) is 2.19. The number of esters is 1. The third-order valence-corrected chi connectivity index (χ3v) is 3.89. The van der Waals surface area contributed by atoms with Crippen LogP contribution in [0.4, 0.5) is 0 Å². The molecule has 0 radical (unpaired) electrons. The van der Waals surface area contributed by atoms with Crippen LogP contribution in [0.3, 0.4) is 0 Å². The molecular formula is C11H23NO3Si. The Hall–Kier alpha value is -0.843. The molecular weight excluding hydrogens is 222 g/mol. The zero-order valence-electron chi connectivity index (χ0n) is 10.8. The SMILES string of the molecule is CN(C=O)CCCC(=O)OCC[Si](C)(C)C. The number of rotatable bonds is 8. The second-order valence-electron chi connectivity index (χ2n) is 5.22. The van der Waals surface area contributed by atoms with Gasteiger partial charge >= 0.3 is 5.97 Å². The minimum absolute atomic E-state index is 0.155. The van der Waals surface area contributed by atoms with Gasteiger partial charge in [0.05, 0.1) is 6.61 Å². The maximum Gasteiger partial charge on any atom is 0.305 e. The van der Waals surface area contributed by atoms with Crippen molar-refractivity contribution in [3.8, 4) is 0 Å². The average molecular weight is 245 g/mol. The normalized spacial score (nSPS) is 11.0. The minimum Gasteiger partial charge on any atom is -0.466 e. The Morgan fingerprint density at radius 3 is 2.50 bits per heavy atom. The highest BCUT2D eigenvalue weighted by atomic mass is 28.3. The van der Waals surface area contributed by atoms with Crippen LogP contribution >= 0.6 is 0 Å². The molecule has 94 valence electrons. The Kier molecular flexibility index (Phi) is 7.04. The first-order valence-electron chi connectivity index (χ1n) is 5.66. The van der Waals surface area contributed by atoms with Crippen molar-refractivity contribution in [3.63, 3.8) is 0 Å². The van der Waals surface area contributed by atoms with E-state index in [1.165, 1.54) is 4.90 Å². The predicted octanol–water partition coefficient (Wildman–Crippen LogP) is 1.74. The van der Waals surface area contributed by atoms with E-state index >= 15 is 0 Å². The lowest BCUT2D eigenvalue weighted by molar-refractivity contribution is -0.143. The van der Waals surface area contributed by atoms with Crippen molar-refractivity contribution in [3.05, 3.63) is 0 Å². The van der Waals surface area contributed by atoms with Crippen LogP contribution in [0.1, 0.15) is 12.8 Å². The van der Waals surface area contributed by atoms with Crippen molar-refractivity contribution in [2.75, 3.05) is 20.2 Å².